The van der Waals surface area contributed by atoms with E-state index in [2.05, 4.69) is 10.3 Å². The Morgan fingerprint density at radius 1 is 1.17 bits per heavy atom. The van der Waals surface area contributed by atoms with Gasteiger partial charge in [0.2, 0.25) is 5.91 Å². The first-order valence-corrected chi connectivity index (χ1v) is 8.31. The second-order valence-corrected chi connectivity index (χ2v) is 5.78. The van der Waals surface area contributed by atoms with Crippen LogP contribution in [0.2, 0.25) is 0 Å². The predicted octanol–water partition coefficient (Wildman–Crippen LogP) is 2.62. The van der Waals surface area contributed by atoms with E-state index in [0.717, 1.165) is 16.4 Å². The molecule has 0 radical (unpaired) electrons. The fourth-order valence-corrected chi connectivity index (χ4v) is 2.88. The summed E-state index contributed by atoms with van der Waals surface area (Å²) in [7, 11) is 0. The fraction of sp³-hybridized carbons (Fsp3) is 0.176. The molecule has 2 heterocycles. The number of nitrogens with zero attached hydrogens (tertiary/aromatic N) is 2. The van der Waals surface area contributed by atoms with Crippen molar-refractivity contribution >= 4 is 23.2 Å². The number of pyridine rings is 1. The van der Waals surface area contributed by atoms with Gasteiger partial charge in [0, 0.05) is 6.20 Å². The van der Waals surface area contributed by atoms with E-state index in [1.807, 2.05) is 59.1 Å². The highest BCUT2D eigenvalue weighted by Gasteiger charge is 2.07. The number of hydrogen-bond acceptors (Lipinski definition) is 4. The van der Waals surface area contributed by atoms with E-state index >= 15 is 0 Å². The van der Waals surface area contributed by atoms with Crippen LogP contribution in [0.1, 0.15) is 0 Å². The van der Waals surface area contributed by atoms with Crippen LogP contribution in [0, 0.1) is 0 Å². The maximum Gasteiger partial charge on any atom is 0.230 e. The molecular formula is C17H17N3O2S. The van der Waals surface area contributed by atoms with Crippen LogP contribution in [-0.2, 0) is 4.79 Å². The summed E-state index contributed by atoms with van der Waals surface area (Å²) in [6.45, 7) is 0.934. The molecule has 1 amide bonds. The summed E-state index contributed by atoms with van der Waals surface area (Å²) < 4.78 is 7.50. The number of imidazole rings is 1. The van der Waals surface area contributed by atoms with Crippen molar-refractivity contribution < 1.29 is 9.53 Å². The van der Waals surface area contributed by atoms with Crippen LogP contribution < -0.4 is 10.1 Å². The number of hydrogen-bond donors (Lipinski definition) is 1. The van der Waals surface area contributed by atoms with Crippen molar-refractivity contribution in [2.75, 3.05) is 18.9 Å². The van der Waals surface area contributed by atoms with E-state index in [1.54, 1.807) is 6.20 Å². The van der Waals surface area contributed by atoms with Crippen LogP contribution in [0.5, 0.6) is 5.75 Å². The molecule has 0 aliphatic heterocycles. The maximum atomic E-state index is 11.9. The van der Waals surface area contributed by atoms with Gasteiger partial charge in [-0.2, -0.15) is 0 Å². The Kier molecular flexibility index (Phi) is 5.16. The van der Waals surface area contributed by atoms with E-state index < -0.39 is 0 Å². The van der Waals surface area contributed by atoms with Gasteiger partial charge in [-0.15, -0.1) is 0 Å². The molecule has 1 N–H and O–H groups in total. The minimum absolute atomic E-state index is 0.0284. The standard InChI is InChI=1S/C17H17N3O2S/c21-16(18-9-11-22-15-7-2-1-3-8-15)13-23-17-19-12-14-6-4-5-10-20(14)17/h1-8,10,12H,9,11,13H2,(H,18,21). The summed E-state index contributed by atoms with van der Waals surface area (Å²) in [6.07, 6.45) is 3.74. The molecule has 5 nitrogen and oxygen atoms in total. The number of benzene rings is 1. The van der Waals surface area contributed by atoms with Crippen molar-refractivity contribution in [2.45, 2.75) is 5.16 Å². The van der Waals surface area contributed by atoms with Crippen LogP contribution in [0.15, 0.2) is 66.1 Å². The van der Waals surface area contributed by atoms with Gasteiger partial charge in [-0.05, 0) is 24.3 Å². The highest BCUT2D eigenvalue weighted by molar-refractivity contribution is 7.99. The third-order valence-corrected chi connectivity index (χ3v) is 4.14. The first-order valence-electron chi connectivity index (χ1n) is 7.32. The molecule has 118 valence electrons. The average Bonchev–Trinajstić information content (AvgIpc) is 3.01. The molecule has 6 heteroatoms. The third-order valence-electron chi connectivity index (χ3n) is 3.17. The summed E-state index contributed by atoms with van der Waals surface area (Å²) in [5, 5.41) is 3.66. The van der Waals surface area contributed by atoms with Gasteiger partial charge >= 0.3 is 0 Å². The predicted molar refractivity (Wildman–Crippen MR) is 90.9 cm³/mol. The second-order valence-electron chi connectivity index (χ2n) is 4.84. The van der Waals surface area contributed by atoms with Crippen LogP contribution in [0.4, 0.5) is 0 Å². The van der Waals surface area contributed by atoms with E-state index in [0.29, 0.717) is 18.9 Å². The van der Waals surface area contributed by atoms with Crippen molar-refractivity contribution in [3.63, 3.8) is 0 Å². The number of rotatable bonds is 7. The summed E-state index contributed by atoms with van der Waals surface area (Å²) in [5.74, 6) is 1.11. The lowest BCUT2D eigenvalue weighted by molar-refractivity contribution is -0.118. The molecule has 3 rings (SSSR count). The maximum absolute atomic E-state index is 11.9. The summed E-state index contributed by atoms with van der Waals surface area (Å²) in [6, 6.07) is 15.4. The molecule has 0 spiro atoms. The molecule has 1 aromatic carbocycles. The van der Waals surface area contributed by atoms with Crippen LogP contribution in [-0.4, -0.2) is 34.2 Å². The number of amides is 1. The van der Waals surface area contributed by atoms with Gasteiger partial charge in [-0.1, -0.05) is 36.0 Å². The molecule has 0 fully saturated rings. The average molecular weight is 327 g/mol. The Bertz CT molecular complexity index is 774. The summed E-state index contributed by atoms with van der Waals surface area (Å²) in [5.41, 5.74) is 1.02. The number of thioether (sulfide) groups is 1. The zero-order valence-corrected chi connectivity index (χ0v) is 13.3. The van der Waals surface area contributed by atoms with Gasteiger partial charge < -0.3 is 10.1 Å². The van der Waals surface area contributed by atoms with Crippen molar-refractivity contribution in [3.05, 3.63) is 60.9 Å². The summed E-state index contributed by atoms with van der Waals surface area (Å²) >= 11 is 1.42. The third kappa shape index (κ3) is 4.26. The van der Waals surface area contributed by atoms with Crippen LogP contribution in [0.25, 0.3) is 5.52 Å². The zero-order chi connectivity index (χ0) is 15.9. The van der Waals surface area contributed by atoms with Crippen LogP contribution >= 0.6 is 11.8 Å². The van der Waals surface area contributed by atoms with Crippen LogP contribution in [0.3, 0.4) is 0 Å². The minimum Gasteiger partial charge on any atom is -0.492 e. The lowest BCUT2D eigenvalue weighted by atomic mass is 10.3. The monoisotopic (exact) mass is 327 g/mol. The highest BCUT2D eigenvalue weighted by Crippen LogP contribution is 2.17. The van der Waals surface area contributed by atoms with Gasteiger partial charge in [0.25, 0.3) is 0 Å². The first kappa shape index (κ1) is 15.4. The SMILES string of the molecule is O=C(CSc1ncc2ccccn12)NCCOc1ccccc1. The highest BCUT2D eigenvalue weighted by atomic mass is 32.2. The Morgan fingerprint density at radius 3 is 2.87 bits per heavy atom. The number of para-hydroxylation sites is 1. The van der Waals surface area contributed by atoms with E-state index in [1.165, 1.54) is 11.8 Å². The molecule has 0 saturated heterocycles. The van der Waals surface area contributed by atoms with Gasteiger partial charge in [0.1, 0.15) is 12.4 Å². The Hall–Kier alpha value is -2.47. The molecular weight excluding hydrogens is 310 g/mol. The van der Waals surface area contributed by atoms with Gasteiger partial charge in [0.15, 0.2) is 5.16 Å². The van der Waals surface area contributed by atoms with Crippen molar-refractivity contribution in [3.8, 4) is 5.75 Å². The largest absolute Gasteiger partial charge is 0.492 e. The molecule has 0 aliphatic carbocycles. The van der Waals surface area contributed by atoms with Crippen molar-refractivity contribution in [1.29, 1.82) is 0 Å². The molecule has 0 saturated carbocycles. The number of ether oxygens (including phenoxy) is 1. The van der Waals surface area contributed by atoms with Gasteiger partial charge in [-0.25, -0.2) is 4.98 Å². The van der Waals surface area contributed by atoms with E-state index in [-0.39, 0.29) is 5.91 Å². The smallest absolute Gasteiger partial charge is 0.230 e. The number of carbonyl (C=O) groups is 1. The lowest BCUT2D eigenvalue weighted by Crippen LogP contribution is -2.29. The van der Waals surface area contributed by atoms with Crippen molar-refractivity contribution in [1.82, 2.24) is 14.7 Å². The lowest BCUT2D eigenvalue weighted by Gasteiger charge is -2.07. The Balaban J connectivity index is 1.40. The molecule has 23 heavy (non-hydrogen) atoms. The zero-order valence-electron chi connectivity index (χ0n) is 12.5. The molecule has 2 aromatic heterocycles. The fourth-order valence-electron chi connectivity index (χ4n) is 2.08. The van der Waals surface area contributed by atoms with E-state index in [9.17, 15) is 4.79 Å². The molecule has 0 unspecified atom stereocenters. The van der Waals surface area contributed by atoms with Crippen molar-refractivity contribution in [2.24, 2.45) is 0 Å². The molecule has 0 atom stereocenters. The second kappa shape index (κ2) is 7.69. The molecule has 0 bridgehead atoms. The van der Waals surface area contributed by atoms with Gasteiger partial charge in [0.05, 0.1) is 24.0 Å². The molecule has 3 aromatic rings. The number of nitrogens with one attached hydrogen (secondary N) is 1. The number of carbonyl (C=O) groups excluding carboxylic acids is 1. The number of fused-ring (bicyclic) bond motifs is 1. The minimum atomic E-state index is -0.0284. The summed E-state index contributed by atoms with van der Waals surface area (Å²) in [4.78, 5) is 16.2. The molecule has 0 aliphatic rings. The number of aromatic nitrogens is 2. The topological polar surface area (TPSA) is 55.6 Å². The van der Waals surface area contributed by atoms with E-state index in [4.69, 9.17) is 4.74 Å². The quantitative estimate of drug-likeness (QED) is 0.535. The Labute approximate surface area is 138 Å². The first-order chi connectivity index (χ1) is 11.3. The van der Waals surface area contributed by atoms with Gasteiger partial charge in [-0.3, -0.25) is 9.20 Å². The Morgan fingerprint density at radius 2 is 2.00 bits per heavy atom. The normalized spacial score (nSPS) is 10.6.